The first-order valence-corrected chi connectivity index (χ1v) is 13.7. The molecule has 0 unspecified atom stereocenters. The normalized spacial score (nSPS) is 11.2. The summed E-state index contributed by atoms with van der Waals surface area (Å²) in [7, 11) is 0. The molecule has 0 aliphatic heterocycles. The molecule has 0 saturated carbocycles. The van der Waals surface area contributed by atoms with Crippen LogP contribution in [-0.4, -0.2) is 18.3 Å². The predicted octanol–water partition coefficient (Wildman–Crippen LogP) is 7.98. The van der Waals surface area contributed by atoms with Crippen LogP contribution in [-0.2, 0) is 24.1 Å². The van der Waals surface area contributed by atoms with E-state index in [9.17, 15) is 9.59 Å². The molecule has 0 bridgehead atoms. The van der Waals surface area contributed by atoms with Crippen LogP contribution in [0.3, 0.4) is 0 Å². The topological polar surface area (TPSA) is 55.4 Å². The Morgan fingerprint density at radius 1 is 0.750 bits per heavy atom. The molecule has 0 atom stereocenters. The van der Waals surface area contributed by atoms with Gasteiger partial charge in [0.05, 0.1) is 6.42 Å². The molecule has 0 spiro atoms. The molecule has 4 nitrogen and oxygen atoms in total. The molecule has 4 heteroatoms. The van der Waals surface area contributed by atoms with Gasteiger partial charge in [0.25, 0.3) is 0 Å². The van der Waals surface area contributed by atoms with Gasteiger partial charge in [0.2, 0.25) is 5.91 Å². The predicted molar refractivity (Wildman–Crippen MR) is 165 cm³/mol. The summed E-state index contributed by atoms with van der Waals surface area (Å²) in [6.45, 7) is 4.64. The zero-order valence-electron chi connectivity index (χ0n) is 23.1. The number of nitrogens with one attached hydrogen (secondary N) is 1. The number of ketones is 1. The summed E-state index contributed by atoms with van der Waals surface area (Å²) >= 11 is 0. The van der Waals surface area contributed by atoms with Gasteiger partial charge in [0, 0.05) is 11.3 Å². The smallest absolute Gasteiger partial charge is 0.228 e. The third kappa shape index (κ3) is 8.15. The van der Waals surface area contributed by atoms with E-state index in [0.717, 1.165) is 52.1 Å². The van der Waals surface area contributed by atoms with Crippen molar-refractivity contribution in [1.29, 1.82) is 0 Å². The maximum Gasteiger partial charge on any atom is 0.228 e. The van der Waals surface area contributed by atoms with Crippen molar-refractivity contribution in [3.05, 3.63) is 143 Å². The van der Waals surface area contributed by atoms with Crippen molar-refractivity contribution in [2.75, 3.05) is 11.9 Å². The maximum absolute atomic E-state index is 12.9. The summed E-state index contributed by atoms with van der Waals surface area (Å²) in [5.74, 6) is 0.562. The monoisotopic (exact) mass is 529 g/mol. The Morgan fingerprint density at radius 3 is 2.12 bits per heavy atom. The zero-order chi connectivity index (χ0) is 28.2. The van der Waals surface area contributed by atoms with Crippen molar-refractivity contribution in [3.63, 3.8) is 0 Å². The SMILES string of the molecule is CCc1cccc(CC)c1NC(=O)Cc1cccc(C(=O)C=Cc2ccc(OCC=Cc3ccccc3)cc2)c1. The second-order valence-electron chi connectivity index (χ2n) is 9.47. The van der Waals surface area contributed by atoms with Gasteiger partial charge in [0.1, 0.15) is 12.4 Å². The highest BCUT2D eigenvalue weighted by molar-refractivity contribution is 6.07. The quantitative estimate of drug-likeness (QED) is 0.150. The fourth-order valence-corrected chi connectivity index (χ4v) is 4.44. The van der Waals surface area contributed by atoms with Gasteiger partial charge in [-0.2, -0.15) is 0 Å². The first-order valence-electron chi connectivity index (χ1n) is 13.7. The fourth-order valence-electron chi connectivity index (χ4n) is 4.44. The van der Waals surface area contributed by atoms with Gasteiger partial charge >= 0.3 is 0 Å². The molecule has 1 N–H and O–H groups in total. The Morgan fingerprint density at radius 2 is 1.43 bits per heavy atom. The summed E-state index contributed by atoms with van der Waals surface area (Å²) in [5, 5.41) is 3.10. The van der Waals surface area contributed by atoms with E-state index in [1.165, 1.54) is 0 Å². The molecule has 0 fully saturated rings. The highest BCUT2D eigenvalue weighted by Crippen LogP contribution is 2.23. The minimum atomic E-state index is -0.113. The summed E-state index contributed by atoms with van der Waals surface area (Å²) < 4.78 is 5.78. The van der Waals surface area contributed by atoms with E-state index >= 15 is 0 Å². The molecule has 1 amide bonds. The Bertz CT molecular complexity index is 1460. The molecule has 0 heterocycles. The van der Waals surface area contributed by atoms with E-state index in [0.29, 0.717) is 12.2 Å². The lowest BCUT2D eigenvalue weighted by molar-refractivity contribution is -0.115. The largest absolute Gasteiger partial charge is 0.490 e. The molecular formula is C36H35NO3. The van der Waals surface area contributed by atoms with E-state index < -0.39 is 0 Å². The van der Waals surface area contributed by atoms with E-state index in [-0.39, 0.29) is 18.1 Å². The number of allylic oxidation sites excluding steroid dienone is 1. The van der Waals surface area contributed by atoms with Gasteiger partial charge in [-0.05, 0) is 71.0 Å². The number of aryl methyl sites for hydroxylation is 2. The molecular weight excluding hydrogens is 494 g/mol. The standard InChI is InChI=1S/C36H35NO3/c1-3-30-15-9-16-31(4-2)36(30)37-35(39)26-29-13-8-17-32(25-29)34(38)23-20-28-18-21-33(22-19-28)40-24-10-14-27-11-6-5-7-12-27/h5-23,25H,3-4,24,26H2,1-2H3,(H,37,39). The number of para-hydroxylation sites is 1. The number of ether oxygens (including phenoxy) is 1. The lowest BCUT2D eigenvalue weighted by atomic mass is 10.0. The third-order valence-corrected chi connectivity index (χ3v) is 6.60. The van der Waals surface area contributed by atoms with Crippen molar-refractivity contribution < 1.29 is 14.3 Å². The summed E-state index contributed by atoms with van der Waals surface area (Å²) in [6, 6.07) is 31.1. The molecule has 40 heavy (non-hydrogen) atoms. The minimum Gasteiger partial charge on any atom is -0.490 e. The van der Waals surface area contributed by atoms with Crippen molar-refractivity contribution in [3.8, 4) is 5.75 Å². The number of rotatable bonds is 12. The van der Waals surface area contributed by atoms with E-state index in [4.69, 9.17) is 4.74 Å². The van der Waals surface area contributed by atoms with Crippen LogP contribution in [0.25, 0.3) is 12.2 Å². The van der Waals surface area contributed by atoms with Crippen LogP contribution in [0.15, 0.2) is 109 Å². The average molecular weight is 530 g/mol. The summed E-state index contributed by atoms with van der Waals surface area (Å²) in [4.78, 5) is 25.7. The fraction of sp³-hybridized carbons (Fsp3) is 0.167. The summed E-state index contributed by atoms with van der Waals surface area (Å²) in [6.07, 6.45) is 9.25. The van der Waals surface area contributed by atoms with Crippen molar-refractivity contribution in [2.45, 2.75) is 33.1 Å². The molecule has 0 aliphatic rings. The number of hydrogen-bond acceptors (Lipinski definition) is 3. The van der Waals surface area contributed by atoms with Gasteiger partial charge in [-0.1, -0.05) is 105 Å². The second kappa shape index (κ2) is 14.5. The first kappa shape index (κ1) is 28.3. The third-order valence-electron chi connectivity index (χ3n) is 6.60. The Kier molecular flexibility index (Phi) is 10.2. The van der Waals surface area contributed by atoms with E-state index in [1.807, 2.05) is 97.1 Å². The lowest BCUT2D eigenvalue weighted by Crippen LogP contribution is -2.17. The first-order chi connectivity index (χ1) is 19.6. The van der Waals surface area contributed by atoms with Crippen LogP contribution in [0.4, 0.5) is 5.69 Å². The number of anilines is 1. The number of carbonyl (C=O) groups is 2. The molecule has 4 rings (SSSR count). The molecule has 202 valence electrons. The molecule has 0 aromatic heterocycles. The Balaban J connectivity index is 1.31. The van der Waals surface area contributed by atoms with E-state index in [1.54, 1.807) is 24.3 Å². The van der Waals surface area contributed by atoms with Gasteiger partial charge in [-0.3, -0.25) is 9.59 Å². The number of benzene rings is 4. The molecule has 4 aromatic rings. The zero-order valence-corrected chi connectivity index (χ0v) is 23.1. The van der Waals surface area contributed by atoms with Gasteiger partial charge in [-0.25, -0.2) is 0 Å². The minimum absolute atomic E-state index is 0.0893. The van der Waals surface area contributed by atoms with Crippen LogP contribution in [0.5, 0.6) is 5.75 Å². The van der Waals surface area contributed by atoms with Gasteiger partial charge in [-0.15, -0.1) is 0 Å². The lowest BCUT2D eigenvalue weighted by Gasteiger charge is -2.14. The maximum atomic E-state index is 12.9. The van der Waals surface area contributed by atoms with Gasteiger partial charge < -0.3 is 10.1 Å². The van der Waals surface area contributed by atoms with Crippen LogP contribution < -0.4 is 10.1 Å². The number of amides is 1. The summed E-state index contributed by atoms with van der Waals surface area (Å²) in [5.41, 5.74) is 6.54. The molecule has 4 aromatic carbocycles. The van der Waals surface area contributed by atoms with Crippen molar-refractivity contribution in [2.24, 2.45) is 0 Å². The number of hydrogen-bond donors (Lipinski definition) is 1. The molecule has 0 radical (unpaired) electrons. The van der Waals surface area contributed by atoms with Gasteiger partial charge in [0.15, 0.2) is 5.78 Å². The van der Waals surface area contributed by atoms with Crippen LogP contribution >= 0.6 is 0 Å². The van der Waals surface area contributed by atoms with Crippen LogP contribution in [0.1, 0.15) is 52.0 Å². The molecule has 0 aliphatic carbocycles. The Hall–Kier alpha value is -4.70. The van der Waals surface area contributed by atoms with Crippen molar-refractivity contribution >= 4 is 29.5 Å². The highest BCUT2D eigenvalue weighted by atomic mass is 16.5. The average Bonchev–Trinajstić information content (AvgIpc) is 2.99. The number of carbonyl (C=O) groups excluding carboxylic acids is 2. The highest BCUT2D eigenvalue weighted by Gasteiger charge is 2.12. The Labute approximate surface area is 237 Å². The van der Waals surface area contributed by atoms with Crippen LogP contribution in [0.2, 0.25) is 0 Å². The van der Waals surface area contributed by atoms with E-state index in [2.05, 4.69) is 19.2 Å². The van der Waals surface area contributed by atoms with Crippen molar-refractivity contribution in [1.82, 2.24) is 0 Å². The van der Waals surface area contributed by atoms with Crippen LogP contribution in [0, 0.1) is 0 Å². The second-order valence-corrected chi connectivity index (χ2v) is 9.47. The molecule has 0 saturated heterocycles.